The van der Waals surface area contributed by atoms with Crippen molar-refractivity contribution in [1.82, 2.24) is 10.2 Å². The summed E-state index contributed by atoms with van der Waals surface area (Å²) in [7, 11) is 0. The number of amides is 1. The van der Waals surface area contributed by atoms with E-state index in [4.69, 9.17) is 9.15 Å². The molecule has 0 radical (unpaired) electrons. The number of hydrogen-bond acceptors (Lipinski definition) is 4. The Hall–Kier alpha value is -1.49. The molecule has 1 amide bonds. The first-order valence-electron chi connectivity index (χ1n) is 8.13. The van der Waals surface area contributed by atoms with Crippen LogP contribution in [-0.2, 0) is 4.74 Å². The number of carbonyl (C=O) groups excluding carboxylic acids is 1. The molecule has 1 fully saturated rings. The molecule has 0 saturated carbocycles. The van der Waals surface area contributed by atoms with Crippen LogP contribution in [0.25, 0.3) is 0 Å². The summed E-state index contributed by atoms with van der Waals surface area (Å²) in [6.45, 7) is 9.31. The average Bonchev–Trinajstić information content (AvgIpc) is 2.97. The van der Waals surface area contributed by atoms with Crippen LogP contribution in [0.1, 0.15) is 58.8 Å². The second kappa shape index (κ2) is 7.18. The van der Waals surface area contributed by atoms with Gasteiger partial charge in [0, 0.05) is 19.1 Å². The van der Waals surface area contributed by atoms with E-state index in [1.165, 1.54) is 0 Å². The van der Waals surface area contributed by atoms with Crippen LogP contribution in [0.4, 0.5) is 4.79 Å². The van der Waals surface area contributed by atoms with Crippen LogP contribution >= 0.6 is 0 Å². The Bertz CT molecular complexity index is 465. The topological polar surface area (TPSA) is 54.7 Å². The highest BCUT2D eigenvalue weighted by Gasteiger charge is 2.30. The van der Waals surface area contributed by atoms with Crippen LogP contribution < -0.4 is 5.32 Å². The van der Waals surface area contributed by atoms with Crippen molar-refractivity contribution in [1.29, 1.82) is 0 Å². The van der Waals surface area contributed by atoms with Crippen LogP contribution in [0.5, 0.6) is 0 Å². The molecule has 1 aliphatic heterocycles. The molecule has 1 aromatic rings. The van der Waals surface area contributed by atoms with E-state index in [1.807, 2.05) is 37.8 Å². The summed E-state index contributed by atoms with van der Waals surface area (Å²) in [5.41, 5.74) is -0.450. The molecule has 2 heterocycles. The monoisotopic (exact) mass is 308 g/mol. The molecule has 1 saturated heterocycles. The van der Waals surface area contributed by atoms with Gasteiger partial charge in [0.15, 0.2) is 0 Å². The van der Waals surface area contributed by atoms with Crippen LogP contribution in [0.2, 0.25) is 0 Å². The lowest BCUT2D eigenvalue weighted by Gasteiger charge is -2.37. The lowest BCUT2D eigenvalue weighted by molar-refractivity contribution is 0.00965. The molecule has 2 atom stereocenters. The van der Waals surface area contributed by atoms with Gasteiger partial charge in [-0.3, -0.25) is 0 Å². The molecule has 0 spiro atoms. The smallest absolute Gasteiger partial charge is 0.410 e. The average molecular weight is 308 g/mol. The second-order valence-electron chi connectivity index (χ2n) is 6.97. The minimum Gasteiger partial charge on any atom is -0.468 e. The summed E-state index contributed by atoms with van der Waals surface area (Å²) in [5.74, 6) is 0.916. The van der Waals surface area contributed by atoms with Crippen molar-refractivity contribution < 1.29 is 13.9 Å². The Kier molecular flexibility index (Phi) is 5.51. The van der Waals surface area contributed by atoms with Crippen molar-refractivity contribution in [2.75, 3.05) is 13.1 Å². The van der Waals surface area contributed by atoms with Gasteiger partial charge in [0.05, 0.1) is 12.3 Å². The van der Waals surface area contributed by atoms with Crippen molar-refractivity contribution in [2.24, 2.45) is 0 Å². The minimum absolute atomic E-state index is 0.136. The summed E-state index contributed by atoms with van der Waals surface area (Å²) in [6.07, 6.45) is 4.69. The summed E-state index contributed by atoms with van der Waals surface area (Å²) in [4.78, 5) is 14.2. The summed E-state index contributed by atoms with van der Waals surface area (Å²) in [6, 6.07) is 4.17. The first kappa shape index (κ1) is 16.9. The Morgan fingerprint density at radius 3 is 2.91 bits per heavy atom. The van der Waals surface area contributed by atoms with Crippen molar-refractivity contribution in [2.45, 2.75) is 64.6 Å². The first-order valence-corrected chi connectivity index (χ1v) is 8.13. The van der Waals surface area contributed by atoms with E-state index in [1.54, 1.807) is 6.26 Å². The van der Waals surface area contributed by atoms with Gasteiger partial charge in [-0.05, 0) is 59.1 Å². The Morgan fingerprint density at radius 2 is 2.27 bits per heavy atom. The molecule has 0 aromatic carbocycles. The summed E-state index contributed by atoms with van der Waals surface area (Å²) < 4.78 is 10.9. The zero-order valence-corrected chi connectivity index (χ0v) is 14.1. The predicted octanol–water partition coefficient (Wildman–Crippen LogP) is 3.72. The van der Waals surface area contributed by atoms with E-state index in [-0.39, 0.29) is 18.2 Å². The molecule has 124 valence electrons. The molecule has 22 heavy (non-hydrogen) atoms. The number of nitrogens with zero attached hydrogens (tertiary/aromatic N) is 1. The highest BCUT2D eigenvalue weighted by atomic mass is 16.6. The number of hydrogen-bond donors (Lipinski definition) is 1. The molecular formula is C17H28N2O3. The van der Waals surface area contributed by atoms with Crippen molar-refractivity contribution in [3.8, 4) is 0 Å². The van der Waals surface area contributed by atoms with Crippen LogP contribution in [0.3, 0.4) is 0 Å². The van der Waals surface area contributed by atoms with E-state index in [0.29, 0.717) is 0 Å². The second-order valence-corrected chi connectivity index (χ2v) is 6.97. The summed E-state index contributed by atoms with van der Waals surface area (Å²) in [5, 5.41) is 3.46. The van der Waals surface area contributed by atoms with Gasteiger partial charge >= 0.3 is 6.09 Å². The molecule has 1 aliphatic rings. The number of piperidine rings is 1. The number of rotatable bonds is 4. The number of likely N-dealkylation sites (tertiary alicyclic amines) is 1. The maximum Gasteiger partial charge on any atom is 0.410 e. The number of carbonyl (C=O) groups is 1. The van der Waals surface area contributed by atoms with E-state index in [0.717, 1.165) is 38.1 Å². The highest BCUT2D eigenvalue weighted by molar-refractivity contribution is 5.68. The first-order chi connectivity index (χ1) is 10.4. The normalized spacial score (nSPS) is 20.7. The fourth-order valence-corrected chi connectivity index (χ4v) is 2.72. The standard InChI is InChI=1S/C17H28N2O3/c1-13(15-9-7-11-21-15)18-12-14-8-5-6-10-19(14)16(20)22-17(2,3)4/h7,9,11,13-14,18H,5-6,8,10,12H2,1-4H3/t13-,14+/m1/s1. The number of furan rings is 1. The fraction of sp³-hybridized carbons (Fsp3) is 0.706. The highest BCUT2D eigenvalue weighted by Crippen LogP contribution is 2.21. The van der Waals surface area contributed by atoms with Crippen molar-refractivity contribution >= 4 is 6.09 Å². The van der Waals surface area contributed by atoms with Gasteiger partial charge in [0.2, 0.25) is 0 Å². The quantitative estimate of drug-likeness (QED) is 0.921. The third kappa shape index (κ3) is 4.77. The lowest BCUT2D eigenvalue weighted by atomic mass is 10.0. The van der Waals surface area contributed by atoms with E-state index in [9.17, 15) is 4.79 Å². The van der Waals surface area contributed by atoms with Gasteiger partial charge in [-0.2, -0.15) is 0 Å². The van der Waals surface area contributed by atoms with Gasteiger partial charge in [0.25, 0.3) is 0 Å². The number of nitrogens with one attached hydrogen (secondary N) is 1. The molecule has 5 nitrogen and oxygen atoms in total. The Morgan fingerprint density at radius 1 is 1.50 bits per heavy atom. The molecule has 5 heteroatoms. The van der Waals surface area contributed by atoms with Crippen LogP contribution in [-0.4, -0.2) is 35.7 Å². The predicted molar refractivity (Wildman–Crippen MR) is 85.7 cm³/mol. The third-order valence-electron chi connectivity index (χ3n) is 3.88. The molecule has 0 bridgehead atoms. The van der Waals surface area contributed by atoms with Crippen LogP contribution in [0, 0.1) is 0 Å². The van der Waals surface area contributed by atoms with Gasteiger partial charge in [-0.15, -0.1) is 0 Å². The molecule has 2 rings (SSSR count). The minimum atomic E-state index is -0.450. The van der Waals surface area contributed by atoms with Crippen molar-refractivity contribution in [3.63, 3.8) is 0 Å². The maximum absolute atomic E-state index is 12.4. The van der Waals surface area contributed by atoms with Crippen molar-refractivity contribution in [3.05, 3.63) is 24.2 Å². The molecule has 1 N–H and O–H groups in total. The molecule has 1 aromatic heterocycles. The SMILES string of the molecule is C[C@@H](NC[C@@H]1CCCCN1C(=O)OC(C)(C)C)c1ccco1. The molecular weight excluding hydrogens is 280 g/mol. The Labute approximate surface area is 133 Å². The summed E-state index contributed by atoms with van der Waals surface area (Å²) >= 11 is 0. The molecule has 0 unspecified atom stereocenters. The van der Waals surface area contributed by atoms with Gasteiger partial charge in [0.1, 0.15) is 11.4 Å². The maximum atomic E-state index is 12.4. The zero-order valence-electron chi connectivity index (χ0n) is 14.1. The fourth-order valence-electron chi connectivity index (χ4n) is 2.72. The Balaban J connectivity index is 1.90. The van der Waals surface area contributed by atoms with E-state index >= 15 is 0 Å². The zero-order chi connectivity index (χ0) is 16.2. The van der Waals surface area contributed by atoms with Gasteiger partial charge in [-0.25, -0.2) is 4.79 Å². The molecule has 0 aliphatic carbocycles. The lowest BCUT2D eigenvalue weighted by Crippen LogP contribution is -2.50. The number of ether oxygens (including phenoxy) is 1. The van der Waals surface area contributed by atoms with E-state index < -0.39 is 5.60 Å². The van der Waals surface area contributed by atoms with E-state index in [2.05, 4.69) is 12.2 Å². The van der Waals surface area contributed by atoms with Crippen LogP contribution in [0.15, 0.2) is 22.8 Å². The largest absolute Gasteiger partial charge is 0.468 e. The van der Waals surface area contributed by atoms with Gasteiger partial charge in [-0.1, -0.05) is 0 Å². The third-order valence-corrected chi connectivity index (χ3v) is 3.88. The van der Waals surface area contributed by atoms with Gasteiger partial charge < -0.3 is 19.4 Å².